The Hall–Kier alpha value is -2.06. The lowest BCUT2D eigenvalue weighted by atomic mass is 10.2. The molecule has 106 valence electrons. The Balaban J connectivity index is 2.27. The summed E-state index contributed by atoms with van der Waals surface area (Å²) in [4.78, 5) is 7.45. The number of hydrogen-bond donors (Lipinski definition) is 2. The fourth-order valence-corrected chi connectivity index (χ4v) is 2.91. The van der Waals surface area contributed by atoms with Gasteiger partial charge in [0.25, 0.3) is 0 Å². The zero-order valence-electron chi connectivity index (χ0n) is 10.7. The molecule has 1 aromatic carbocycles. The lowest BCUT2D eigenvalue weighted by molar-refractivity contribution is 0.574. The average Bonchev–Trinajstić information content (AvgIpc) is 2.42. The van der Waals surface area contributed by atoms with Crippen LogP contribution in [0.15, 0.2) is 35.6 Å². The Bertz CT molecular complexity index is 720. The first-order chi connectivity index (χ1) is 9.40. The highest BCUT2D eigenvalue weighted by molar-refractivity contribution is 7.89. The summed E-state index contributed by atoms with van der Waals surface area (Å²) in [6.07, 6.45) is 2.82. The quantitative estimate of drug-likeness (QED) is 0.820. The zero-order valence-corrected chi connectivity index (χ0v) is 11.5. The summed E-state index contributed by atoms with van der Waals surface area (Å²) in [5.41, 5.74) is 6.06. The molecule has 2 rings (SSSR count). The fraction of sp³-hybridized carbons (Fsp3) is 0.167. The SMILES string of the molecule is Cc1c(F)cc(N)cc1S(=O)(=O)NCc1ccncn1. The maximum atomic E-state index is 13.5. The van der Waals surface area contributed by atoms with Gasteiger partial charge in [-0.1, -0.05) is 0 Å². The molecule has 0 saturated heterocycles. The van der Waals surface area contributed by atoms with Gasteiger partial charge in [-0.3, -0.25) is 0 Å². The molecule has 0 aliphatic rings. The summed E-state index contributed by atoms with van der Waals surface area (Å²) >= 11 is 0. The van der Waals surface area contributed by atoms with Crippen molar-refractivity contribution in [1.29, 1.82) is 0 Å². The van der Waals surface area contributed by atoms with Crippen molar-refractivity contribution >= 4 is 15.7 Å². The van der Waals surface area contributed by atoms with Gasteiger partial charge in [0.1, 0.15) is 12.1 Å². The predicted molar refractivity (Wildman–Crippen MR) is 71.6 cm³/mol. The lowest BCUT2D eigenvalue weighted by Crippen LogP contribution is -2.25. The molecule has 1 aromatic heterocycles. The molecule has 0 atom stereocenters. The molecule has 6 nitrogen and oxygen atoms in total. The summed E-state index contributed by atoms with van der Waals surface area (Å²) < 4.78 is 40.2. The van der Waals surface area contributed by atoms with E-state index in [9.17, 15) is 12.8 Å². The Labute approximate surface area is 115 Å². The molecule has 3 N–H and O–H groups in total. The van der Waals surface area contributed by atoms with Crippen molar-refractivity contribution in [3.63, 3.8) is 0 Å². The summed E-state index contributed by atoms with van der Waals surface area (Å²) in [5.74, 6) is -0.660. The summed E-state index contributed by atoms with van der Waals surface area (Å²) in [7, 11) is -3.86. The molecule has 0 amide bonds. The van der Waals surface area contributed by atoms with Crippen LogP contribution in [-0.4, -0.2) is 18.4 Å². The maximum absolute atomic E-state index is 13.5. The minimum atomic E-state index is -3.86. The van der Waals surface area contributed by atoms with Crippen molar-refractivity contribution in [3.05, 3.63) is 47.8 Å². The third-order valence-corrected chi connectivity index (χ3v) is 4.22. The van der Waals surface area contributed by atoms with Crippen LogP contribution in [0.3, 0.4) is 0 Å². The Morgan fingerprint density at radius 1 is 1.40 bits per heavy atom. The third-order valence-electron chi connectivity index (χ3n) is 2.70. The zero-order chi connectivity index (χ0) is 14.8. The first kappa shape index (κ1) is 14.4. The molecule has 1 heterocycles. The van der Waals surface area contributed by atoms with Crippen molar-refractivity contribution in [2.75, 3.05) is 5.73 Å². The number of rotatable bonds is 4. The van der Waals surface area contributed by atoms with E-state index in [0.717, 1.165) is 6.07 Å². The number of aromatic nitrogens is 2. The van der Waals surface area contributed by atoms with Crippen LogP contribution in [-0.2, 0) is 16.6 Å². The van der Waals surface area contributed by atoms with Gasteiger partial charge in [-0.2, -0.15) is 0 Å². The molecule has 0 fully saturated rings. The van der Waals surface area contributed by atoms with Crippen molar-refractivity contribution in [3.8, 4) is 0 Å². The van der Waals surface area contributed by atoms with Crippen LogP contribution < -0.4 is 10.5 Å². The summed E-state index contributed by atoms with van der Waals surface area (Å²) in [5, 5.41) is 0. The second-order valence-corrected chi connectivity index (χ2v) is 5.89. The van der Waals surface area contributed by atoms with E-state index in [-0.39, 0.29) is 22.7 Å². The van der Waals surface area contributed by atoms with Gasteiger partial charge in [-0.15, -0.1) is 0 Å². The molecule has 20 heavy (non-hydrogen) atoms. The van der Waals surface area contributed by atoms with Gasteiger partial charge in [0.05, 0.1) is 17.1 Å². The third kappa shape index (κ3) is 3.09. The van der Waals surface area contributed by atoms with Gasteiger partial charge in [-0.25, -0.2) is 27.5 Å². The first-order valence-corrected chi connectivity index (χ1v) is 7.18. The van der Waals surface area contributed by atoms with E-state index in [1.807, 2.05) is 0 Å². The van der Waals surface area contributed by atoms with E-state index < -0.39 is 15.8 Å². The van der Waals surface area contributed by atoms with Gasteiger partial charge in [0.15, 0.2) is 0 Å². The van der Waals surface area contributed by atoms with Crippen LogP contribution >= 0.6 is 0 Å². The molecule has 0 spiro atoms. The van der Waals surface area contributed by atoms with E-state index in [1.54, 1.807) is 6.07 Å². The second kappa shape index (κ2) is 5.51. The summed E-state index contributed by atoms with van der Waals surface area (Å²) in [6, 6.07) is 3.88. The van der Waals surface area contributed by atoms with Gasteiger partial charge >= 0.3 is 0 Å². The number of nitrogens with one attached hydrogen (secondary N) is 1. The van der Waals surface area contributed by atoms with Crippen LogP contribution in [0.5, 0.6) is 0 Å². The summed E-state index contributed by atoms with van der Waals surface area (Å²) in [6.45, 7) is 1.37. The average molecular weight is 296 g/mol. The Morgan fingerprint density at radius 3 is 2.80 bits per heavy atom. The van der Waals surface area contributed by atoms with Crippen LogP contribution in [0.4, 0.5) is 10.1 Å². The highest BCUT2D eigenvalue weighted by Gasteiger charge is 2.19. The van der Waals surface area contributed by atoms with Crippen molar-refractivity contribution in [2.24, 2.45) is 0 Å². The van der Waals surface area contributed by atoms with Crippen LogP contribution in [0.2, 0.25) is 0 Å². The van der Waals surface area contributed by atoms with E-state index in [4.69, 9.17) is 5.73 Å². The molecule has 0 aliphatic carbocycles. The monoisotopic (exact) mass is 296 g/mol. The van der Waals surface area contributed by atoms with Crippen molar-refractivity contribution in [1.82, 2.24) is 14.7 Å². The molecule has 0 bridgehead atoms. The van der Waals surface area contributed by atoms with Crippen molar-refractivity contribution in [2.45, 2.75) is 18.4 Å². The lowest BCUT2D eigenvalue weighted by Gasteiger charge is -2.10. The van der Waals surface area contributed by atoms with Crippen LogP contribution in [0.1, 0.15) is 11.3 Å². The van der Waals surface area contributed by atoms with E-state index >= 15 is 0 Å². The number of nitrogens with two attached hydrogens (primary N) is 1. The number of nitrogen functional groups attached to an aromatic ring is 1. The number of sulfonamides is 1. The second-order valence-electron chi connectivity index (χ2n) is 4.15. The molecule has 8 heteroatoms. The number of benzene rings is 1. The minimum absolute atomic E-state index is 0.0132. The number of nitrogens with zero attached hydrogens (tertiary/aromatic N) is 2. The fourth-order valence-electron chi connectivity index (χ4n) is 1.62. The normalized spacial score (nSPS) is 11.5. The number of halogens is 1. The Kier molecular flexibility index (Phi) is 3.96. The molecular formula is C12H13FN4O2S. The molecule has 0 unspecified atom stereocenters. The topological polar surface area (TPSA) is 98.0 Å². The van der Waals surface area contributed by atoms with Crippen LogP contribution in [0.25, 0.3) is 0 Å². The smallest absolute Gasteiger partial charge is 0.241 e. The van der Waals surface area contributed by atoms with Gasteiger partial charge in [0, 0.05) is 17.4 Å². The maximum Gasteiger partial charge on any atom is 0.241 e. The number of anilines is 1. The molecule has 0 saturated carbocycles. The van der Waals surface area contributed by atoms with Crippen molar-refractivity contribution < 1.29 is 12.8 Å². The predicted octanol–water partition coefficient (Wildman–Crippen LogP) is 0.985. The largest absolute Gasteiger partial charge is 0.399 e. The molecule has 2 aromatic rings. The van der Waals surface area contributed by atoms with Gasteiger partial charge in [0.2, 0.25) is 10.0 Å². The molecule has 0 aliphatic heterocycles. The van der Waals surface area contributed by atoms with Gasteiger partial charge < -0.3 is 5.73 Å². The van der Waals surface area contributed by atoms with E-state index in [0.29, 0.717) is 5.69 Å². The van der Waals surface area contributed by atoms with Crippen LogP contribution in [0, 0.1) is 12.7 Å². The first-order valence-electron chi connectivity index (χ1n) is 5.70. The highest BCUT2D eigenvalue weighted by Crippen LogP contribution is 2.21. The highest BCUT2D eigenvalue weighted by atomic mass is 32.2. The molecule has 0 radical (unpaired) electrons. The standard InChI is InChI=1S/C12H13FN4O2S/c1-8-11(13)4-9(14)5-12(8)20(18,19)17-6-10-2-3-15-7-16-10/h2-5,7,17H,6,14H2,1H3. The van der Waals surface area contributed by atoms with Gasteiger partial charge in [-0.05, 0) is 25.1 Å². The molecular weight excluding hydrogens is 283 g/mol. The van der Waals surface area contributed by atoms with E-state index in [1.165, 1.54) is 25.5 Å². The minimum Gasteiger partial charge on any atom is -0.399 e. The Morgan fingerprint density at radius 2 is 2.15 bits per heavy atom. The van der Waals surface area contributed by atoms with E-state index in [2.05, 4.69) is 14.7 Å². The number of hydrogen-bond acceptors (Lipinski definition) is 5.